The van der Waals surface area contributed by atoms with Crippen LogP contribution in [0.2, 0.25) is 0 Å². The Labute approximate surface area is 164 Å². The van der Waals surface area contributed by atoms with Crippen LogP contribution < -0.4 is 15.9 Å². The van der Waals surface area contributed by atoms with E-state index in [0.717, 1.165) is 19.0 Å². The Morgan fingerprint density at radius 2 is 1.07 bits per heavy atom. The molecule has 3 aromatic rings. The minimum absolute atomic E-state index is 0.274. The minimum atomic E-state index is -2.30. The molecule has 0 heterocycles. The first-order valence-corrected chi connectivity index (χ1v) is 12.3. The monoisotopic (exact) mass is 378 g/mol. The Morgan fingerprint density at radius 1 is 0.667 bits per heavy atom. The van der Waals surface area contributed by atoms with Gasteiger partial charge in [0.15, 0.2) is 0 Å². The van der Waals surface area contributed by atoms with Crippen LogP contribution in [0, 0.1) is 0 Å². The fourth-order valence-electron chi connectivity index (χ4n) is 4.11. The van der Waals surface area contributed by atoms with E-state index >= 15 is 0 Å². The first-order valence-electron chi connectivity index (χ1n) is 10.1. The molecule has 0 fully saturated rings. The van der Waals surface area contributed by atoms with Crippen molar-refractivity contribution in [3.05, 3.63) is 91.0 Å². The zero-order chi connectivity index (χ0) is 19.0. The van der Waals surface area contributed by atoms with Crippen LogP contribution in [-0.4, -0.2) is 17.4 Å². The predicted octanol–water partition coefficient (Wildman–Crippen LogP) is 4.65. The zero-order valence-electron chi connectivity index (χ0n) is 16.2. The van der Waals surface area contributed by atoms with E-state index in [9.17, 15) is 5.11 Å². The second-order valence-electron chi connectivity index (χ2n) is 7.36. The van der Waals surface area contributed by atoms with Gasteiger partial charge in [-0.25, -0.2) is 0 Å². The molecule has 0 aliphatic rings. The summed E-state index contributed by atoms with van der Waals surface area (Å²) in [7, 11) is -2.30. The van der Waals surface area contributed by atoms with Crippen LogP contribution in [0.3, 0.4) is 0 Å². The molecule has 0 saturated carbocycles. The summed E-state index contributed by atoms with van der Waals surface area (Å²) in [6.07, 6.45) is 4.91. The van der Waals surface area contributed by atoms with Crippen molar-refractivity contribution in [2.75, 3.05) is 6.16 Å². The van der Waals surface area contributed by atoms with Crippen LogP contribution in [0.1, 0.15) is 32.6 Å². The molecule has 0 unspecified atom stereocenters. The van der Waals surface area contributed by atoms with Gasteiger partial charge in [0.25, 0.3) is 0 Å². The summed E-state index contributed by atoms with van der Waals surface area (Å²) in [6.45, 7) is 2.21. The fourth-order valence-corrected chi connectivity index (χ4v) is 9.01. The molecule has 0 aliphatic carbocycles. The van der Waals surface area contributed by atoms with Crippen molar-refractivity contribution >= 4 is 23.2 Å². The van der Waals surface area contributed by atoms with Gasteiger partial charge < -0.3 is 0 Å². The van der Waals surface area contributed by atoms with E-state index in [4.69, 9.17) is 0 Å². The van der Waals surface area contributed by atoms with E-state index in [1.54, 1.807) is 0 Å². The van der Waals surface area contributed by atoms with Crippen molar-refractivity contribution in [2.45, 2.75) is 38.7 Å². The van der Waals surface area contributed by atoms with E-state index in [1.807, 2.05) is 0 Å². The Kier molecular flexibility index (Phi) is 7.21. The molecular weight excluding hydrogens is 347 g/mol. The van der Waals surface area contributed by atoms with Crippen LogP contribution in [0.25, 0.3) is 0 Å². The average molecular weight is 378 g/mol. The zero-order valence-corrected chi connectivity index (χ0v) is 17.2. The van der Waals surface area contributed by atoms with E-state index < -0.39 is 7.26 Å². The normalized spacial score (nSPS) is 13.3. The van der Waals surface area contributed by atoms with Gasteiger partial charge in [0.05, 0.1) is 0 Å². The maximum atomic E-state index is 11.0. The van der Waals surface area contributed by atoms with Gasteiger partial charge in [-0.15, -0.1) is 0 Å². The molecule has 2 heteroatoms. The Bertz CT molecular complexity index is 690. The second-order valence-corrected chi connectivity index (χ2v) is 11.3. The van der Waals surface area contributed by atoms with Gasteiger partial charge in [-0.3, -0.25) is 0 Å². The number of benzene rings is 3. The molecule has 3 aromatic carbocycles. The molecule has 0 aromatic heterocycles. The predicted molar refractivity (Wildman–Crippen MR) is 122 cm³/mol. The number of rotatable bonds is 9. The number of hydrogen-bond donors (Lipinski definition) is 1. The van der Waals surface area contributed by atoms with Crippen LogP contribution in [-0.2, 0) is 0 Å². The van der Waals surface area contributed by atoms with Crippen LogP contribution in [0.15, 0.2) is 91.0 Å². The molecule has 0 aliphatic heterocycles. The van der Waals surface area contributed by atoms with Gasteiger partial charge in [-0.05, 0) is 0 Å². The molecular formula is C25H31OP. The molecule has 3 rings (SSSR count). The van der Waals surface area contributed by atoms with Gasteiger partial charge in [-0.2, -0.15) is 0 Å². The summed E-state index contributed by atoms with van der Waals surface area (Å²) in [4.78, 5) is 0. The number of hydrogen-bond acceptors (Lipinski definition) is 1. The number of unbranched alkanes of at least 4 members (excludes halogenated alkanes) is 2. The van der Waals surface area contributed by atoms with Crippen molar-refractivity contribution < 1.29 is 5.11 Å². The molecule has 1 nitrogen and oxygen atoms in total. The van der Waals surface area contributed by atoms with Crippen LogP contribution in [0.4, 0.5) is 0 Å². The summed E-state index contributed by atoms with van der Waals surface area (Å²) in [5.41, 5.74) is 0. The fraction of sp³-hybridized carbons (Fsp3) is 0.280. The summed E-state index contributed by atoms with van der Waals surface area (Å²) < 4.78 is 0. The molecule has 27 heavy (non-hydrogen) atoms. The van der Waals surface area contributed by atoms with Gasteiger partial charge in [0, 0.05) is 0 Å². The van der Waals surface area contributed by atoms with Crippen molar-refractivity contribution in [1.82, 2.24) is 0 Å². The van der Waals surface area contributed by atoms with Crippen molar-refractivity contribution in [2.24, 2.45) is 0 Å². The van der Waals surface area contributed by atoms with E-state index in [2.05, 4.69) is 97.9 Å². The Morgan fingerprint density at radius 3 is 1.44 bits per heavy atom. The third kappa shape index (κ3) is 4.67. The molecule has 0 radical (unpaired) electrons. The van der Waals surface area contributed by atoms with E-state index in [0.29, 0.717) is 0 Å². The van der Waals surface area contributed by atoms with E-state index in [-0.39, 0.29) is 6.10 Å². The Hall–Kier alpha value is -1.95. The van der Waals surface area contributed by atoms with Crippen LogP contribution in [0.5, 0.6) is 0 Å². The van der Waals surface area contributed by atoms with Crippen molar-refractivity contribution in [3.63, 3.8) is 0 Å². The summed E-state index contributed by atoms with van der Waals surface area (Å²) >= 11 is 0. The average Bonchev–Trinajstić information content (AvgIpc) is 2.74. The third-order valence-corrected chi connectivity index (χ3v) is 10.5. The first kappa shape index (κ1) is 19.8. The maximum absolute atomic E-state index is 11.0. The van der Waals surface area contributed by atoms with Gasteiger partial charge in [-0.1, -0.05) is 0 Å². The molecule has 0 bridgehead atoms. The first-order chi connectivity index (χ1) is 13.3. The van der Waals surface area contributed by atoms with Gasteiger partial charge in [0.1, 0.15) is 0 Å². The molecule has 142 valence electrons. The van der Waals surface area contributed by atoms with E-state index in [1.165, 1.54) is 28.8 Å². The second kappa shape index (κ2) is 9.83. The van der Waals surface area contributed by atoms with Gasteiger partial charge in [0.2, 0.25) is 0 Å². The third-order valence-electron chi connectivity index (χ3n) is 5.48. The Balaban J connectivity index is 2.11. The summed E-state index contributed by atoms with van der Waals surface area (Å²) in [5, 5.41) is 15.1. The SMILES string of the molecule is CCCCC[C@H](O)C[PH](c1ccccc1)(c1ccccc1)c1ccccc1. The number of aliphatic hydroxyl groups excluding tert-OH is 1. The summed E-state index contributed by atoms with van der Waals surface area (Å²) in [6, 6.07) is 32.6. The molecule has 0 amide bonds. The topological polar surface area (TPSA) is 20.2 Å². The quantitative estimate of drug-likeness (QED) is 0.424. The van der Waals surface area contributed by atoms with Crippen LogP contribution >= 0.6 is 7.26 Å². The van der Waals surface area contributed by atoms with Crippen molar-refractivity contribution in [1.29, 1.82) is 0 Å². The standard InChI is InChI=1S/C25H31OP/c1-2-3-7-14-22(26)21-27(23-15-8-4-9-16-23,24-17-10-5-11-18-24)25-19-12-6-13-20-25/h4-6,8-13,15-20,22,26-27H,2-3,7,14,21H2,1H3/t22-/m0/s1. The molecule has 0 spiro atoms. The molecule has 1 atom stereocenters. The molecule has 1 N–H and O–H groups in total. The molecule has 0 saturated heterocycles. The van der Waals surface area contributed by atoms with Gasteiger partial charge >= 0.3 is 164 Å². The van der Waals surface area contributed by atoms with Crippen molar-refractivity contribution in [3.8, 4) is 0 Å². The number of aliphatic hydroxyl groups is 1. The summed E-state index contributed by atoms with van der Waals surface area (Å²) in [5.74, 6) is 0.